The fourth-order valence-corrected chi connectivity index (χ4v) is 4.38. The summed E-state index contributed by atoms with van der Waals surface area (Å²) in [5, 5.41) is 7.52. The van der Waals surface area contributed by atoms with Crippen LogP contribution in [0.4, 0.5) is 13.2 Å². The van der Waals surface area contributed by atoms with E-state index in [0.717, 1.165) is 18.6 Å². The van der Waals surface area contributed by atoms with Gasteiger partial charge in [0.1, 0.15) is 11.4 Å². The van der Waals surface area contributed by atoms with Crippen LogP contribution in [0.25, 0.3) is 0 Å². The molecule has 7 nitrogen and oxygen atoms in total. The Labute approximate surface area is 177 Å². The van der Waals surface area contributed by atoms with Crippen LogP contribution >= 0.6 is 0 Å². The molecule has 1 saturated heterocycles. The molecular formula is C21H23F3N4O3. The van der Waals surface area contributed by atoms with Crippen LogP contribution in [0.15, 0.2) is 28.9 Å². The van der Waals surface area contributed by atoms with Gasteiger partial charge in [0.25, 0.3) is 5.91 Å². The van der Waals surface area contributed by atoms with E-state index in [-0.39, 0.29) is 22.8 Å². The van der Waals surface area contributed by atoms with Crippen LogP contribution in [-0.2, 0) is 17.5 Å². The van der Waals surface area contributed by atoms with Crippen LogP contribution in [0, 0.1) is 18.3 Å². The molecule has 0 radical (unpaired) electrons. The lowest BCUT2D eigenvalue weighted by Crippen LogP contribution is -2.40. The number of nitrogens with zero attached hydrogens (tertiary/aromatic N) is 4. The molecule has 10 heteroatoms. The molecule has 2 aromatic rings. The number of rotatable bonds is 4. The third kappa shape index (κ3) is 4.15. The highest BCUT2D eigenvalue weighted by Gasteiger charge is 2.59. The molecule has 166 valence electrons. The maximum Gasteiger partial charge on any atom is 0.416 e. The Hall–Kier alpha value is -2.91. The Morgan fingerprint density at radius 1 is 1.26 bits per heavy atom. The minimum atomic E-state index is -4.49. The van der Waals surface area contributed by atoms with Gasteiger partial charge in [-0.2, -0.15) is 13.2 Å². The van der Waals surface area contributed by atoms with Gasteiger partial charge in [-0.25, -0.2) is 4.63 Å². The van der Waals surface area contributed by atoms with Gasteiger partial charge in [-0.1, -0.05) is 16.4 Å². The monoisotopic (exact) mass is 436 g/mol. The normalized spacial score (nSPS) is 20.0. The quantitative estimate of drug-likeness (QED) is 0.735. The number of alkyl halides is 3. The average molecular weight is 436 g/mol. The maximum absolute atomic E-state index is 12.9. The van der Waals surface area contributed by atoms with Crippen molar-refractivity contribution in [3.05, 3.63) is 46.8 Å². The highest BCUT2D eigenvalue weighted by molar-refractivity contribution is 5.94. The van der Waals surface area contributed by atoms with E-state index in [2.05, 4.69) is 14.9 Å². The van der Waals surface area contributed by atoms with Crippen LogP contribution in [0.5, 0.6) is 0 Å². The van der Waals surface area contributed by atoms with E-state index in [0.29, 0.717) is 43.9 Å². The summed E-state index contributed by atoms with van der Waals surface area (Å²) in [5.41, 5.74) is 0.331. The first kappa shape index (κ1) is 21.3. The van der Waals surface area contributed by atoms with E-state index in [4.69, 9.17) is 0 Å². The molecule has 0 N–H and O–H groups in total. The van der Waals surface area contributed by atoms with E-state index < -0.39 is 17.6 Å². The van der Waals surface area contributed by atoms with Gasteiger partial charge < -0.3 is 9.80 Å². The van der Waals surface area contributed by atoms with E-state index >= 15 is 0 Å². The minimum absolute atomic E-state index is 0.0278. The summed E-state index contributed by atoms with van der Waals surface area (Å²) < 4.78 is 43.5. The number of likely N-dealkylation sites (tertiary alicyclic amines) is 1. The molecule has 1 saturated carbocycles. The largest absolute Gasteiger partial charge is 0.416 e. The van der Waals surface area contributed by atoms with Gasteiger partial charge in [-0.05, 0) is 49.8 Å². The Morgan fingerprint density at radius 3 is 2.58 bits per heavy atom. The molecule has 1 aromatic heterocycles. The topological polar surface area (TPSA) is 79.5 Å². The number of amides is 2. The van der Waals surface area contributed by atoms with Crippen molar-refractivity contribution in [3.63, 3.8) is 0 Å². The average Bonchev–Trinajstić information content (AvgIpc) is 3.29. The maximum atomic E-state index is 12.9. The van der Waals surface area contributed by atoms with Crippen molar-refractivity contribution >= 4 is 11.8 Å². The molecule has 1 aliphatic heterocycles. The van der Waals surface area contributed by atoms with Crippen LogP contribution in [0.1, 0.15) is 46.6 Å². The van der Waals surface area contributed by atoms with Gasteiger partial charge in [-0.3, -0.25) is 9.59 Å². The third-order valence-electron chi connectivity index (χ3n) is 6.48. The van der Waals surface area contributed by atoms with E-state index in [1.807, 2.05) is 0 Å². The van der Waals surface area contributed by atoms with E-state index in [1.165, 1.54) is 12.1 Å². The smallest absolute Gasteiger partial charge is 0.339 e. The molecule has 1 aromatic carbocycles. The van der Waals surface area contributed by atoms with Crippen molar-refractivity contribution in [1.82, 2.24) is 20.1 Å². The highest BCUT2D eigenvalue weighted by Crippen LogP contribution is 2.60. The zero-order chi connectivity index (χ0) is 22.4. The zero-order valence-electron chi connectivity index (χ0n) is 17.3. The lowest BCUT2D eigenvalue weighted by molar-refractivity contribution is -0.137. The first-order valence-electron chi connectivity index (χ1n) is 10.1. The summed E-state index contributed by atoms with van der Waals surface area (Å²) in [6.07, 6.45) is -2.41. The number of hydrogen-bond donors (Lipinski definition) is 0. The van der Waals surface area contributed by atoms with Gasteiger partial charge >= 0.3 is 6.18 Å². The summed E-state index contributed by atoms with van der Waals surface area (Å²) in [4.78, 5) is 28.7. The molecule has 2 heterocycles. The molecule has 0 unspecified atom stereocenters. The van der Waals surface area contributed by atoms with Gasteiger partial charge in [0.2, 0.25) is 5.91 Å². The van der Waals surface area contributed by atoms with Crippen molar-refractivity contribution in [3.8, 4) is 0 Å². The number of halogens is 3. The number of benzene rings is 1. The number of carbonyl (C=O) groups is 2. The molecule has 2 fully saturated rings. The highest BCUT2D eigenvalue weighted by atomic mass is 19.4. The fourth-order valence-electron chi connectivity index (χ4n) is 4.38. The van der Waals surface area contributed by atoms with Crippen LogP contribution in [-0.4, -0.2) is 52.1 Å². The van der Waals surface area contributed by atoms with Gasteiger partial charge in [0.05, 0.1) is 12.1 Å². The number of aromatic nitrogens is 2. The second kappa shape index (κ2) is 7.65. The molecule has 31 heavy (non-hydrogen) atoms. The lowest BCUT2D eigenvalue weighted by atomic mass is 9.90. The van der Waals surface area contributed by atoms with Crippen LogP contribution in [0.3, 0.4) is 0 Å². The Morgan fingerprint density at radius 2 is 1.97 bits per heavy atom. The van der Waals surface area contributed by atoms with Crippen molar-refractivity contribution in [1.29, 1.82) is 0 Å². The minimum Gasteiger partial charge on any atom is -0.339 e. The number of hydrogen-bond acceptors (Lipinski definition) is 5. The first-order valence-corrected chi connectivity index (χ1v) is 10.1. The summed E-state index contributed by atoms with van der Waals surface area (Å²) in [7, 11) is 1.72. The summed E-state index contributed by atoms with van der Waals surface area (Å²) in [5.74, 6) is -0.487. The third-order valence-corrected chi connectivity index (χ3v) is 6.48. The SMILES string of the molecule is Cc1nonc1CN(C)C(=O)[C@H]1CC12CCN(C(=O)c1cccc(C(F)(F)F)c1)CC2. The predicted octanol–water partition coefficient (Wildman–Crippen LogP) is 3.30. The number of aryl methyl sites for hydroxylation is 1. The molecule has 1 spiro atoms. The second-order valence-corrected chi connectivity index (χ2v) is 8.48. The zero-order valence-corrected chi connectivity index (χ0v) is 17.3. The summed E-state index contributed by atoms with van der Waals surface area (Å²) in [6.45, 7) is 2.94. The Balaban J connectivity index is 1.34. The molecule has 1 atom stereocenters. The Kier molecular flexibility index (Phi) is 5.26. The number of piperidine rings is 1. The predicted molar refractivity (Wildman–Crippen MR) is 103 cm³/mol. The second-order valence-electron chi connectivity index (χ2n) is 8.48. The van der Waals surface area contributed by atoms with Gasteiger partial charge in [0, 0.05) is 31.6 Å². The van der Waals surface area contributed by atoms with Crippen LogP contribution in [0.2, 0.25) is 0 Å². The van der Waals surface area contributed by atoms with Crippen molar-refractivity contribution in [2.24, 2.45) is 11.3 Å². The summed E-state index contributed by atoms with van der Waals surface area (Å²) >= 11 is 0. The Bertz CT molecular complexity index is 996. The first-order chi connectivity index (χ1) is 14.6. The summed E-state index contributed by atoms with van der Waals surface area (Å²) in [6, 6.07) is 4.50. The molecule has 1 aliphatic carbocycles. The molecular weight excluding hydrogens is 413 g/mol. The van der Waals surface area contributed by atoms with Gasteiger partial charge in [-0.15, -0.1) is 0 Å². The van der Waals surface area contributed by atoms with Crippen molar-refractivity contribution < 1.29 is 27.4 Å². The number of carbonyl (C=O) groups excluding carboxylic acids is 2. The molecule has 2 amide bonds. The van der Waals surface area contributed by atoms with E-state index in [9.17, 15) is 22.8 Å². The lowest BCUT2D eigenvalue weighted by Gasteiger charge is -2.33. The van der Waals surface area contributed by atoms with Crippen LogP contribution < -0.4 is 0 Å². The van der Waals surface area contributed by atoms with Crippen molar-refractivity contribution in [2.75, 3.05) is 20.1 Å². The molecule has 0 bridgehead atoms. The van der Waals surface area contributed by atoms with E-state index in [1.54, 1.807) is 23.8 Å². The molecule has 4 rings (SSSR count). The molecule has 2 aliphatic rings. The van der Waals surface area contributed by atoms with Gasteiger partial charge in [0.15, 0.2) is 0 Å². The standard InChI is InChI=1S/C21H23F3N4O3/c1-13-17(26-31-25-13)12-27(2)19(30)16-11-20(16)6-8-28(9-7-20)18(29)14-4-3-5-15(10-14)21(22,23)24/h3-5,10,16H,6-9,11-12H2,1-2H3/t16-/m1/s1. The fraction of sp³-hybridized carbons (Fsp3) is 0.524. The van der Waals surface area contributed by atoms with Crippen molar-refractivity contribution in [2.45, 2.75) is 38.9 Å².